The largest absolute Gasteiger partial charge is 0.487 e. The molecule has 2 rings (SSSR count). The lowest BCUT2D eigenvalue weighted by Gasteiger charge is -2.08. The van der Waals surface area contributed by atoms with Crippen LogP contribution in [0.2, 0.25) is 5.02 Å². The molecule has 1 heterocycles. The predicted octanol–water partition coefficient (Wildman–Crippen LogP) is 3.56. The number of halogens is 2. The molecule has 1 aromatic heterocycles. The maximum absolute atomic E-state index is 12.9. The van der Waals surface area contributed by atoms with Gasteiger partial charge in [0.2, 0.25) is 0 Å². The maximum atomic E-state index is 12.9. The van der Waals surface area contributed by atoms with E-state index >= 15 is 0 Å². The summed E-state index contributed by atoms with van der Waals surface area (Å²) in [5, 5.41) is 3.56. The molecule has 106 valence electrons. The Labute approximate surface area is 122 Å². The second-order valence-corrected chi connectivity index (χ2v) is 4.70. The second kappa shape index (κ2) is 7.22. The van der Waals surface area contributed by atoms with Crippen molar-refractivity contribution in [2.24, 2.45) is 0 Å². The Bertz CT molecular complexity index is 560. The Hall–Kier alpha value is -1.65. The quantitative estimate of drug-likeness (QED) is 0.884. The fourth-order valence-corrected chi connectivity index (χ4v) is 1.88. The number of hydrogen-bond donors (Lipinski definition) is 1. The second-order valence-electron chi connectivity index (χ2n) is 4.29. The van der Waals surface area contributed by atoms with Gasteiger partial charge in [0.15, 0.2) is 0 Å². The van der Waals surface area contributed by atoms with Gasteiger partial charge in [-0.15, -0.1) is 0 Å². The van der Waals surface area contributed by atoms with Gasteiger partial charge in [-0.25, -0.2) is 4.39 Å². The van der Waals surface area contributed by atoms with Gasteiger partial charge in [0, 0.05) is 12.1 Å². The summed E-state index contributed by atoms with van der Waals surface area (Å²) in [7, 11) is 0. The fraction of sp³-hybridized carbons (Fsp3) is 0.267. The van der Waals surface area contributed by atoms with Crippen LogP contribution in [0.25, 0.3) is 0 Å². The van der Waals surface area contributed by atoms with Gasteiger partial charge in [0.1, 0.15) is 18.2 Å². The van der Waals surface area contributed by atoms with E-state index in [1.807, 2.05) is 19.1 Å². The first-order valence-corrected chi connectivity index (χ1v) is 6.79. The SMILES string of the molecule is CCNCc1ccc(OCc2ccc(F)cc2Cl)cn1. The molecule has 5 heteroatoms. The number of nitrogens with one attached hydrogen (secondary N) is 1. The highest BCUT2D eigenvalue weighted by molar-refractivity contribution is 6.31. The first kappa shape index (κ1) is 14.8. The fourth-order valence-electron chi connectivity index (χ4n) is 1.65. The number of benzene rings is 1. The molecule has 0 bridgehead atoms. The molecule has 0 aliphatic rings. The standard InChI is InChI=1S/C15H16ClFN2O/c1-2-18-8-13-5-6-14(9-19-13)20-10-11-3-4-12(17)7-15(11)16/h3-7,9,18H,2,8,10H2,1H3. The van der Waals surface area contributed by atoms with Gasteiger partial charge in [-0.2, -0.15) is 0 Å². The molecule has 0 amide bonds. The summed E-state index contributed by atoms with van der Waals surface area (Å²) in [4.78, 5) is 4.28. The number of aromatic nitrogens is 1. The molecule has 0 aliphatic heterocycles. The molecular formula is C15H16ClFN2O. The Kier molecular flexibility index (Phi) is 5.32. The van der Waals surface area contributed by atoms with Crippen molar-refractivity contribution in [1.29, 1.82) is 0 Å². The van der Waals surface area contributed by atoms with Gasteiger partial charge in [-0.3, -0.25) is 4.98 Å². The third-order valence-electron chi connectivity index (χ3n) is 2.76. The maximum Gasteiger partial charge on any atom is 0.138 e. The molecule has 20 heavy (non-hydrogen) atoms. The lowest BCUT2D eigenvalue weighted by Crippen LogP contribution is -2.12. The van der Waals surface area contributed by atoms with Crippen molar-refractivity contribution in [2.75, 3.05) is 6.54 Å². The van der Waals surface area contributed by atoms with Crippen LogP contribution in [0.1, 0.15) is 18.2 Å². The Balaban J connectivity index is 1.93. The van der Waals surface area contributed by atoms with Gasteiger partial charge in [0.25, 0.3) is 0 Å². The molecule has 1 N–H and O–H groups in total. The van der Waals surface area contributed by atoms with E-state index in [0.717, 1.165) is 24.3 Å². The van der Waals surface area contributed by atoms with E-state index in [1.54, 1.807) is 12.3 Å². The lowest BCUT2D eigenvalue weighted by atomic mass is 10.2. The van der Waals surface area contributed by atoms with E-state index in [-0.39, 0.29) is 12.4 Å². The third-order valence-corrected chi connectivity index (χ3v) is 3.12. The van der Waals surface area contributed by atoms with Crippen molar-refractivity contribution >= 4 is 11.6 Å². The van der Waals surface area contributed by atoms with Crippen LogP contribution in [0.3, 0.4) is 0 Å². The molecular weight excluding hydrogens is 279 g/mol. The van der Waals surface area contributed by atoms with Gasteiger partial charge in [-0.05, 0) is 30.8 Å². The summed E-state index contributed by atoms with van der Waals surface area (Å²) in [5.41, 5.74) is 1.70. The number of hydrogen-bond acceptors (Lipinski definition) is 3. The highest BCUT2D eigenvalue weighted by Crippen LogP contribution is 2.19. The predicted molar refractivity (Wildman–Crippen MR) is 77.4 cm³/mol. The number of ether oxygens (including phenoxy) is 1. The molecule has 0 fully saturated rings. The van der Waals surface area contributed by atoms with Crippen LogP contribution < -0.4 is 10.1 Å². The van der Waals surface area contributed by atoms with Gasteiger partial charge < -0.3 is 10.1 Å². The van der Waals surface area contributed by atoms with Crippen LogP contribution in [0.4, 0.5) is 4.39 Å². The van der Waals surface area contributed by atoms with Crippen LogP contribution in [0.5, 0.6) is 5.75 Å². The molecule has 0 radical (unpaired) electrons. The van der Waals surface area contributed by atoms with Crippen molar-refractivity contribution < 1.29 is 9.13 Å². The Morgan fingerprint density at radius 2 is 2.15 bits per heavy atom. The molecule has 1 aromatic carbocycles. The molecule has 2 aromatic rings. The molecule has 0 unspecified atom stereocenters. The summed E-state index contributed by atoms with van der Waals surface area (Å²) >= 11 is 5.93. The molecule has 0 spiro atoms. The minimum atomic E-state index is -0.354. The Morgan fingerprint density at radius 1 is 1.30 bits per heavy atom. The zero-order valence-corrected chi connectivity index (χ0v) is 12.0. The van der Waals surface area contributed by atoms with E-state index in [2.05, 4.69) is 10.3 Å². The summed E-state index contributed by atoms with van der Waals surface area (Å²) in [6, 6.07) is 8.02. The van der Waals surface area contributed by atoms with E-state index in [9.17, 15) is 4.39 Å². The minimum absolute atomic E-state index is 0.285. The van der Waals surface area contributed by atoms with E-state index in [4.69, 9.17) is 16.3 Å². The first-order valence-electron chi connectivity index (χ1n) is 6.41. The molecule has 0 aliphatic carbocycles. The zero-order valence-electron chi connectivity index (χ0n) is 11.2. The zero-order chi connectivity index (χ0) is 14.4. The molecule has 3 nitrogen and oxygen atoms in total. The first-order chi connectivity index (χ1) is 9.69. The third kappa shape index (κ3) is 4.18. The number of nitrogens with zero attached hydrogens (tertiary/aromatic N) is 1. The highest BCUT2D eigenvalue weighted by Gasteiger charge is 2.03. The normalized spacial score (nSPS) is 10.6. The lowest BCUT2D eigenvalue weighted by molar-refractivity contribution is 0.304. The average molecular weight is 295 g/mol. The van der Waals surface area contributed by atoms with Gasteiger partial charge >= 0.3 is 0 Å². The van der Waals surface area contributed by atoms with Crippen LogP contribution in [0.15, 0.2) is 36.5 Å². The topological polar surface area (TPSA) is 34.1 Å². The molecule has 0 atom stereocenters. The van der Waals surface area contributed by atoms with Crippen molar-refractivity contribution in [3.63, 3.8) is 0 Å². The van der Waals surface area contributed by atoms with Crippen LogP contribution >= 0.6 is 11.6 Å². The number of pyridine rings is 1. The van der Waals surface area contributed by atoms with Crippen molar-refractivity contribution in [3.05, 3.63) is 58.6 Å². The highest BCUT2D eigenvalue weighted by atomic mass is 35.5. The smallest absolute Gasteiger partial charge is 0.138 e. The molecule has 0 saturated heterocycles. The van der Waals surface area contributed by atoms with Crippen LogP contribution in [-0.4, -0.2) is 11.5 Å². The van der Waals surface area contributed by atoms with Crippen LogP contribution in [-0.2, 0) is 13.2 Å². The van der Waals surface area contributed by atoms with Crippen molar-refractivity contribution in [1.82, 2.24) is 10.3 Å². The summed E-state index contributed by atoms with van der Waals surface area (Å²) in [6.45, 7) is 3.97. The minimum Gasteiger partial charge on any atom is -0.487 e. The monoisotopic (exact) mass is 294 g/mol. The van der Waals surface area contributed by atoms with Crippen molar-refractivity contribution in [3.8, 4) is 5.75 Å². The van der Waals surface area contributed by atoms with E-state index in [1.165, 1.54) is 12.1 Å². The van der Waals surface area contributed by atoms with Gasteiger partial charge in [0.05, 0.1) is 16.9 Å². The van der Waals surface area contributed by atoms with E-state index < -0.39 is 0 Å². The summed E-state index contributed by atoms with van der Waals surface area (Å²) < 4.78 is 18.5. The summed E-state index contributed by atoms with van der Waals surface area (Å²) in [6.07, 6.45) is 1.67. The average Bonchev–Trinajstić information content (AvgIpc) is 2.45. The molecule has 0 saturated carbocycles. The van der Waals surface area contributed by atoms with E-state index in [0.29, 0.717) is 10.8 Å². The van der Waals surface area contributed by atoms with Gasteiger partial charge in [-0.1, -0.05) is 24.6 Å². The summed E-state index contributed by atoms with van der Waals surface area (Å²) in [5.74, 6) is 0.304. The Morgan fingerprint density at radius 3 is 2.80 bits per heavy atom. The number of rotatable bonds is 6. The van der Waals surface area contributed by atoms with Crippen LogP contribution in [0, 0.1) is 5.82 Å². The van der Waals surface area contributed by atoms with Crippen molar-refractivity contribution in [2.45, 2.75) is 20.1 Å².